The van der Waals surface area contributed by atoms with Gasteiger partial charge in [0.15, 0.2) is 0 Å². The van der Waals surface area contributed by atoms with Gasteiger partial charge in [-0.05, 0) is 61.8 Å². The van der Waals surface area contributed by atoms with Crippen molar-refractivity contribution in [2.24, 2.45) is 11.3 Å². The number of aromatic nitrogens is 3. The van der Waals surface area contributed by atoms with Gasteiger partial charge < -0.3 is 10.2 Å². The van der Waals surface area contributed by atoms with Gasteiger partial charge in [0, 0.05) is 31.1 Å². The molecule has 2 aliphatic rings. The number of piperidine rings is 1. The number of carbonyl (C=O) groups excluding carboxylic acids is 2. The lowest BCUT2D eigenvalue weighted by molar-refractivity contribution is -0.133. The van der Waals surface area contributed by atoms with Crippen molar-refractivity contribution < 1.29 is 9.59 Å². The van der Waals surface area contributed by atoms with E-state index in [1.807, 2.05) is 30.9 Å². The van der Waals surface area contributed by atoms with Crippen LogP contribution in [-0.4, -0.2) is 44.6 Å². The lowest BCUT2D eigenvalue weighted by Gasteiger charge is -2.33. The molecular formula is C21H27N5O2. The van der Waals surface area contributed by atoms with E-state index in [4.69, 9.17) is 0 Å². The van der Waals surface area contributed by atoms with E-state index in [1.54, 1.807) is 11.0 Å². The zero-order chi connectivity index (χ0) is 19.7. The first-order chi connectivity index (χ1) is 13.4. The predicted octanol–water partition coefficient (Wildman–Crippen LogP) is 2.55. The van der Waals surface area contributed by atoms with Crippen LogP contribution in [0.2, 0.25) is 0 Å². The zero-order valence-corrected chi connectivity index (χ0v) is 16.5. The molecule has 2 aromatic rings. The Balaban J connectivity index is 1.27. The van der Waals surface area contributed by atoms with Crippen molar-refractivity contribution in [1.82, 2.24) is 19.7 Å². The summed E-state index contributed by atoms with van der Waals surface area (Å²) >= 11 is 0. The van der Waals surface area contributed by atoms with Gasteiger partial charge >= 0.3 is 0 Å². The summed E-state index contributed by atoms with van der Waals surface area (Å²) in [4.78, 5) is 31.0. The van der Waals surface area contributed by atoms with Crippen molar-refractivity contribution in [2.45, 2.75) is 46.1 Å². The molecule has 1 atom stereocenters. The lowest BCUT2D eigenvalue weighted by atomic mass is 9.90. The molecule has 7 heteroatoms. The highest BCUT2D eigenvalue weighted by Crippen LogP contribution is 2.59. The lowest BCUT2D eigenvalue weighted by Crippen LogP contribution is -2.40. The number of nitrogens with one attached hydrogen (secondary N) is 1. The Morgan fingerprint density at radius 1 is 1.18 bits per heavy atom. The second kappa shape index (κ2) is 7.37. The second-order valence-electron chi connectivity index (χ2n) is 8.27. The number of aryl methyl sites for hydroxylation is 3. The van der Waals surface area contributed by atoms with E-state index in [0.717, 1.165) is 49.2 Å². The van der Waals surface area contributed by atoms with E-state index in [2.05, 4.69) is 21.5 Å². The molecule has 1 aromatic heterocycles. The first kappa shape index (κ1) is 18.7. The molecule has 148 valence electrons. The maximum absolute atomic E-state index is 12.7. The van der Waals surface area contributed by atoms with E-state index >= 15 is 0 Å². The second-order valence-corrected chi connectivity index (χ2v) is 8.27. The van der Waals surface area contributed by atoms with E-state index in [1.165, 1.54) is 6.33 Å². The minimum atomic E-state index is 0.0701. The van der Waals surface area contributed by atoms with Crippen molar-refractivity contribution in [3.8, 4) is 0 Å². The highest BCUT2D eigenvalue weighted by Gasteiger charge is 2.58. The molecule has 0 bridgehead atoms. The molecule has 1 aromatic carbocycles. The maximum Gasteiger partial charge on any atom is 0.228 e. The molecule has 1 aliphatic heterocycles. The molecule has 2 amide bonds. The quantitative estimate of drug-likeness (QED) is 0.863. The average molecular weight is 381 g/mol. The fourth-order valence-electron chi connectivity index (χ4n) is 4.47. The van der Waals surface area contributed by atoms with Crippen molar-refractivity contribution in [2.75, 3.05) is 18.4 Å². The molecule has 1 aliphatic carbocycles. The van der Waals surface area contributed by atoms with Gasteiger partial charge in [-0.15, -0.1) is 0 Å². The SMILES string of the molecule is Cc1cc(C)cc(NC(=O)[C@@H]2CC23CCN(C(=O)CCn2cncn2)CC3)c1. The number of benzene rings is 1. The number of anilines is 1. The smallest absolute Gasteiger partial charge is 0.228 e. The summed E-state index contributed by atoms with van der Waals surface area (Å²) < 4.78 is 1.68. The molecule has 4 rings (SSSR count). The van der Waals surface area contributed by atoms with E-state index < -0.39 is 0 Å². The molecular weight excluding hydrogens is 354 g/mol. The fourth-order valence-corrected chi connectivity index (χ4v) is 4.47. The van der Waals surface area contributed by atoms with Crippen LogP contribution in [0.3, 0.4) is 0 Å². The minimum absolute atomic E-state index is 0.0701. The number of hydrogen-bond acceptors (Lipinski definition) is 4. The summed E-state index contributed by atoms with van der Waals surface area (Å²) in [5.74, 6) is 0.346. The van der Waals surface area contributed by atoms with Crippen LogP contribution in [0, 0.1) is 25.2 Å². The largest absolute Gasteiger partial charge is 0.343 e. The van der Waals surface area contributed by atoms with Gasteiger partial charge in [-0.25, -0.2) is 4.98 Å². The van der Waals surface area contributed by atoms with Crippen molar-refractivity contribution >= 4 is 17.5 Å². The number of hydrogen-bond donors (Lipinski definition) is 1. The number of rotatable bonds is 5. The van der Waals surface area contributed by atoms with Crippen molar-refractivity contribution in [1.29, 1.82) is 0 Å². The van der Waals surface area contributed by atoms with Crippen molar-refractivity contribution in [3.05, 3.63) is 42.0 Å². The van der Waals surface area contributed by atoms with E-state index in [-0.39, 0.29) is 23.1 Å². The number of nitrogens with zero attached hydrogens (tertiary/aromatic N) is 4. The number of likely N-dealkylation sites (tertiary alicyclic amines) is 1. The third-order valence-corrected chi connectivity index (χ3v) is 6.13. The Kier molecular flexibility index (Phi) is 4.91. The van der Waals surface area contributed by atoms with Crippen LogP contribution >= 0.6 is 0 Å². The molecule has 1 spiro atoms. The van der Waals surface area contributed by atoms with Gasteiger partial charge in [-0.3, -0.25) is 14.3 Å². The maximum atomic E-state index is 12.7. The van der Waals surface area contributed by atoms with Gasteiger partial charge in [0.25, 0.3) is 0 Å². The predicted molar refractivity (Wildman–Crippen MR) is 106 cm³/mol. The summed E-state index contributed by atoms with van der Waals surface area (Å²) in [7, 11) is 0. The number of carbonyl (C=O) groups is 2. The molecule has 2 heterocycles. The zero-order valence-electron chi connectivity index (χ0n) is 16.5. The molecule has 1 saturated carbocycles. The van der Waals surface area contributed by atoms with Crippen LogP contribution in [0.5, 0.6) is 0 Å². The summed E-state index contributed by atoms with van der Waals surface area (Å²) in [6, 6.07) is 6.12. The third kappa shape index (κ3) is 3.93. The molecule has 28 heavy (non-hydrogen) atoms. The van der Waals surface area contributed by atoms with E-state index in [0.29, 0.717) is 13.0 Å². The first-order valence-corrected chi connectivity index (χ1v) is 9.95. The Hall–Kier alpha value is -2.70. The van der Waals surface area contributed by atoms with Crippen molar-refractivity contribution in [3.63, 3.8) is 0 Å². The van der Waals surface area contributed by atoms with E-state index in [9.17, 15) is 9.59 Å². The molecule has 0 radical (unpaired) electrons. The first-order valence-electron chi connectivity index (χ1n) is 9.95. The Labute approximate surface area is 165 Å². The summed E-state index contributed by atoms with van der Waals surface area (Å²) in [6.45, 7) is 6.11. The van der Waals surface area contributed by atoms with Gasteiger partial charge in [-0.1, -0.05) is 6.07 Å². The highest BCUT2D eigenvalue weighted by atomic mass is 16.2. The summed E-state index contributed by atoms with van der Waals surface area (Å²) in [5.41, 5.74) is 3.27. The van der Waals surface area contributed by atoms with Crippen LogP contribution < -0.4 is 5.32 Å². The standard InChI is InChI=1S/C21H27N5O2/c1-15-9-16(2)11-17(10-15)24-20(28)18-12-21(18)4-7-25(8-5-21)19(27)3-6-26-14-22-13-23-26/h9-11,13-14,18H,3-8,12H2,1-2H3,(H,24,28)/t18-/m0/s1. The highest BCUT2D eigenvalue weighted by molar-refractivity contribution is 5.95. The molecule has 1 saturated heterocycles. The van der Waals surface area contributed by atoms with Crippen LogP contribution in [-0.2, 0) is 16.1 Å². The minimum Gasteiger partial charge on any atom is -0.343 e. The van der Waals surface area contributed by atoms with Crippen LogP contribution in [0.25, 0.3) is 0 Å². The number of amides is 2. The van der Waals surface area contributed by atoms with Gasteiger partial charge in [0.1, 0.15) is 12.7 Å². The summed E-state index contributed by atoms with van der Waals surface area (Å²) in [6.07, 6.45) is 6.30. The monoisotopic (exact) mass is 381 g/mol. The Bertz CT molecular complexity index is 849. The van der Waals surface area contributed by atoms with Gasteiger partial charge in [-0.2, -0.15) is 5.10 Å². The molecule has 7 nitrogen and oxygen atoms in total. The molecule has 0 unspecified atom stereocenters. The normalized spacial score (nSPS) is 20.2. The Morgan fingerprint density at radius 3 is 2.54 bits per heavy atom. The van der Waals surface area contributed by atoms with Crippen LogP contribution in [0.4, 0.5) is 5.69 Å². The summed E-state index contributed by atoms with van der Waals surface area (Å²) in [5, 5.41) is 7.12. The van der Waals surface area contributed by atoms with Crippen LogP contribution in [0.1, 0.15) is 36.8 Å². The topological polar surface area (TPSA) is 80.1 Å². The molecule has 2 fully saturated rings. The Morgan fingerprint density at radius 2 is 1.89 bits per heavy atom. The third-order valence-electron chi connectivity index (χ3n) is 6.13. The van der Waals surface area contributed by atoms with Gasteiger partial charge in [0.2, 0.25) is 11.8 Å². The fraction of sp³-hybridized carbons (Fsp3) is 0.524. The average Bonchev–Trinajstić information content (AvgIpc) is 3.10. The molecule has 1 N–H and O–H groups in total. The van der Waals surface area contributed by atoms with Crippen LogP contribution in [0.15, 0.2) is 30.9 Å². The van der Waals surface area contributed by atoms with Gasteiger partial charge in [0.05, 0.1) is 6.54 Å².